The first kappa shape index (κ1) is 19.6. The lowest BCUT2D eigenvalue weighted by molar-refractivity contribution is -0.129. The lowest BCUT2D eigenvalue weighted by atomic mass is 10.1. The minimum absolute atomic E-state index is 0.0430. The minimum atomic E-state index is -0.459. The molecule has 0 heterocycles. The molecular formula is C19H22ClN3O3. The van der Waals surface area contributed by atoms with Gasteiger partial charge in [0.05, 0.1) is 6.54 Å². The highest BCUT2D eigenvalue weighted by Crippen LogP contribution is 2.21. The van der Waals surface area contributed by atoms with Gasteiger partial charge in [-0.1, -0.05) is 29.3 Å². The van der Waals surface area contributed by atoms with E-state index >= 15 is 0 Å². The predicted octanol–water partition coefficient (Wildman–Crippen LogP) is 2.90. The number of hydrogen-bond donors (Lipinski definition) is 3. The van der Waals surface area contributed by atoms with Crippen molar-refractivity contribution in [3.8, 4) is 5.75 Å². The molecule has 0 spiro atoms. The van der Waals surface area contributed by atoms with E-state index in [1.807, 2.05) is 39.0 Å². The second-order valence-electron chi connectivity index (χ2n) is 5.97. The van der Waals surface area contributed by atoms with Crippen LogP contribution < -0.4 is 20.9 Å². The van der Waals surface area contributed by atoms with Crippen molar-refractivity contribution >= 4 is 29.1 Å². The first-order chi connectivity index (χ1) is 12.3. The van der Waals surface area contributed by atoms with Crippen molar-refractivity contribution in [1.82, 2.24) is 10.9 Å². The Morgan fingerprint density at radius 2 is 1.69 bits per heavy atom. The van der Waals surface area contributed by atoms with Crippen LogP contribution in [0.5, 0.6) is 5.75 Å². The van der Waals surface area contributed by atoms with Crippen LogP contribution >= 0.6 is 11.6 Å². The van der Waals surface area contributed by atoms with Gasteiger partial charge in [-0.25, -0.2) is 0 Å². The molecule has 0 saturated heterocycles. The third kappa shape index (κ3) is 5.97. The van der Waals surface area contributed by atoms with E-state index in [9.17, 15) is 9.59 Å². The second kappa shape index (κ2) is 9.10. The molecule has 0 aliphatic rings. The summed E-state index contributed by atoms with van der Waals surface area (Å²) in [7, 11) is 0. The maximum atomic E-state index is 11.8. The third-order valence-electron chi connectivity index (χ3n) is 3.66. The molecule has 0 saturated carbocycles. The summed E-state index contributed by atoms with van der Waals surface area (Å²) in [6, 6.07) is 11.0. The Balaban J connectivity index is 1.72. The molecule has 0 unspecified atom stereocenters. The lowest BCUT2D eigenvalue weighted by Gasteiger charge is -2.12. The first-order valence-electron chi connectivity index (χ1n) is 8.13. The van der Waals surface area contributed by atoms with E-state index < -0.39 is 5.91 Å². The smallest absolute Gasteiger partial charge is 0.276 e. The van der Waals surface area contributed by atoms with Crippen LogP contribution in [0.25, 0.3) is 0 Å². The monoisotopic (exact) mass is 375 g/mol. The number of nitrogens with one attached hydrogen (secondary N) is 3. The molecule has 26 heavy (non-hydrogen) atoms. The van der Waals surface area contributed by atoms with E-state index in [1.165, 1.54) is 0 Å². The van der Waals surface area contributed by atoms with E-state index in [1.54, 1.807) is 18.2 Å². The summed E-state index contributed by atoms with van der Waals surface area (Å²) in [5.41, 5.74) is 8.56. The van der Waals surface area contributed by atoms with Crippen molar-refractivity contribution in [2.45, 2.75) is 20.8 Å². The summed E-state index contributed by atoms with van der Waals surface area (Å²) >= 11 is 5.87. The van der Waals surface area contributed by atoms with Crippen molar-refractivity contribution in [2.75, 3.05) is 18.5 Å². The topological polar surface area (TPSA) is 79.5 Å². The van der Waals surface area contributed by atoms with E-state index in [4.69, 9.17) is 16.3 Å². The number of hydrazine groups is 1. The van der Waals surface area contributed by atoms with Crippen LogP contribution in [-0.4, -0.2) is 25.0 Å². The average molecular weight is 376 g/mol. The van der Waals surface area contributed by atoms with Gasteiger partial charge in [0.2, 0.25) is 0 Å². The fourth-order valence-electron chi connectivity index (χ4n) is 2.33. The van der Waals surface area contributed by atoms with Gasteiger partial charge >= 0.3 is 0 Å². The number of benzene rings is 2. The number of carbonyl (C=O) groups is 2. The van der Waals surface area contributed by atoms with Gasteiger partial charge in [-0.15, -0.1) is 0 Å². The van der Waals surface area contributed by atoms with Crippen LogP contribution in [0.15, 0.2) is 36.4 Å². The molecule has 6 nitrogen and oxygen atoms in total. The lowest BCUT2D eigenvalue weighted by Crippen LogP contribution is -2.46. The Morgan fingerprint density at radius 3 is 2.38 bits per heavy atom. The highest BCUT2D eigenvalue weighted by atomic mass is 35.5. The molecule has 0 fully saturated rings. The summed E-state index contributed by atoms with van der Waals surface area (Å²) in [4.78, 5) is 23.6. The fourth-order valence-corrected chi connectivity index (χ4v) is 2.55. The molecule has 2 amide bonds. The van der Waals surface area contributed by atoms with Crippen molar-refractivity contribution in [1.29, 1.82) is 0 Å². The minimum Gasteiger partial charge on any atom is -0.483 e. The molecule has 0 bridgehead atoms. The predicted molar refractivity (Wildman–Crippen MR) is 102 cm³/mol. The van der Waals surface area contributed by atoms with Gasteiger partial charge in [-0.2, -0.15) is 0 Å². The molecule has 0 aromatic heterocycles. The standard InChI is InChI=1S/C19H22ClN3O3/c1-12-4-6-16(13(2)8-12)21-10-18(24)22-23-19(25)11-26-17-7-5-15(20)9-14(17)3/h4-9,21H,10-11H2,1-3H3,(H,22,24)(H,23,25). The molecule has 0 atom stereocenters. The van der Waals surface area contributed by atoms with Crippen LogP contribution in [0.1, 0.15) is 16.7 Å². The SMILES string of the molecule is Cc1ccc(NCC(=O)NNC(=O)COc2ccc(Cl)cc2C)c(C)c1. The van der Waals surface area contributed by atoms with Gasteiger partial charge in [0, 0.05) is 10.7 Å². The molecule has 138 valence electrons. The highest BCUT2D eigenvalue weighted by Gasteiger charge is 2.08. The number of anilines is 1. The van der Waals surface area contributed by atoms with Crippen molar-refractivity contribution in [3.63, 3.8) is 0 Å². The van der Waals surface area contributed by atoms with Crippen molar-refractivity contribution in [3.05, 3.63) is 58.1 Å². The normalized spacial score (nSPS) is 10.2. The average Bonchev–Trinajstić information content (AvgIpc) is 2.58. The molecule has 0 aliphatic heterocycles. The first-order valence-corrected chi connectivity index (χ1v) is 8.50. The molecule has 7 heteroatoms. The summed E-state index contributed by atoms with van der Waals surface area (Å²) in [6.07, 6.45) is 0. The Labute approximate surface area is 157 Å². The van der Waals surface area contributed by atoms with Crippen LogP contribution in [0.4, 0.5) is 5.69 Å². The van der Waals surface area contributed by atoms with Crippen LogP contribution in [0, 0.1) is 20.8 Å². The fraction of sp³-hybridized carbons (Fsp3) is 0.263. The summed E-state index contributed by atoms with van der Waals surface area (Å²) < 4.78 is 5.40. The Morgan fingerprint density at radius 1 is 0.962 bits per heavy atom. The van der Waals surface area contributed by atoms with Crippen molar-refractivity contribution in [2.24, 2.45) is 0 Å². The molecule has 2 rings (SSSR count). The van der Waals surface area contributed by atoms with Crippen LogP contribution in [0.2, 0.25) is 5.02 Å². The van der Waals surface area contributed by atoms with E-state index in [2.05, 4.69) is 16.2 Å². The summed E-state index contributed by atoms with van der Waals surface area (Å²) in [6.45, 7) is 5.63. The molecule has 3 N–H and O–H groups in total. The summed E-state index contributed by atoms with van der Waals surface area (Å²) in [5.74, 6) is -0.257. The Hall–Kier alpha value is -2.73. The van der Waals surface area contributed by atoms with Gasteiger partial charge in [-0.05, 0) is 56.2 Å². The maximum Gasteiger partial charge on any atom is 0.276 e. The van der Waals surface area contributed by atoms with Gasteiger partial charge in [-0.3, -0.25) is 20.4 Å². The van der Waals surface area contributed by atoms with E-state index in [-0.39, 0.29) is 19.1 Å². The van der Waals surface area contributed by atoms with Crippen LogP contribution in [-0.2, 0) is 9.59 Å². The number of aryl methyl sites for hydroxylation is 3. The molecule has 2 aromatic rings. The van der Waals surface area contributed by atoms with Crippen LogP contribution in [0.3, 0.4) is 0 Å². The largest absolute Gasteiger partial charge is 0.483 e. The molecule has 2 aromatic carbocycles. The number of amides is 2. The maximum absolute atomic E-state index is 11.8. The second-order valence-corrected chi connectivity index (χ2v) is 6.40. The number of ether oxygens (including phenoxy) is 1. The van der Waals surface area contributed by atoms with E-state index in [0.717, 1.165) is 22.4 Å². The van der Waals surface area contributed by atoms with Gasteiger partial charge < -0.3 is 10.1 Å². The number of halogens is 1. The van der Waals surface area contributed by atoms with Gasteiger partial charge in [0.15, 0.2) is 6.61 Å². The molecule has 0 radical (unpaired) electrons. The molecular weight excluding hydrogens is 354 g/mol. The van der Waals surface area contributed by atoms with Gasteiger partial charge in [0.25, 0.3) is 11.8 Å². The zero-order valence-corrected chi connectivity index (χ0v) is 15.7. The van der Waals surface area contributed by atoms with Crippen molar-refractivity contribution < 1.29 is 14.3 Å². The van der Waals surface area contributed by atoms with E-state index in [0.29, 0.717) is 10.8 Å². The Bertz CT molecular complexity index is 741. The number of hydrogen-bond acceptors (Lipinski definition) is 4. The van der Waals surface area contributed by atoms with Gasteiger partial charge in [0.1, 0.15) is 5.75 Å². The number of rotatable bonds is 6. The zero-order chi connectivity index (χ0) is 19.1. The third-order valence-corrected chi connectivity index (χ3v) is 3.89. The highest BCUT2D eigenvalue weighted by molar-refractivity contribution is 6.30. The number of carbonyl (C=O) groups excluding carboxylic acids is 2. The zero-order valence-electron chi connectivity index (χ0n) is 15.0. The summed E-state index contributed by atoms with van der Waals surface area (Å²) in [5, 5.41) is 3.63. The quantitative estimate of drug-likeness (QED) is 0.678. The Kier molecular flexibility index (Phi) is 6.86. The molecule has 0 aliphatic carbocycles.